The number of nitrogens with one attached hydrogen (secondary N) is 2. The molecule has 17 heteroatoms. The SMILES string of the molecule is CCN(C(=O)COc1ccc(C(=O)NCC(CC(NC(=O)OC(C)(C)C)C(O)CC(C(=O)N(CC)N2CCOCC2)C(C)C)C(C)C)c(OCCCCOC)c1)N1CCOCC1. The summed E-state index contributed by atoms with van der Waals surface area (Å²) in [5.41, 5.74) is -0.483. The highest BCUT2D eigenvalue weighted by Crippen LogP contribution is 2.29. The molecule has 17 nitrogen and oxygen atoms in total. The van der Waals surface area contributed by atoms with Crippen LogP contribution >= 0.6 is 0 Å². The summed E-state index contributed by atoms with van der Waals surface area (Å²) in [6.45, 7) is 23.7. The van der Waals surface area contributed by atoms with Gasteiger partial charge in [-0.15, -0.1) is 0 Å². The van der Waals surface area contributed by atoms with Gasteiger partial charge in [0.15, 0.2) is 6.61 Å². The first-order valence-electron chi connectivity index (χ1n) is 22.6. The lowest BCUT2D eigenvalue weighted by atomic mass is 9.82. The average Bonchev–Trinajstić information content (AvgIpc) is 3.23. The molecule has 1 aromatic rings. The molecule has 2 saturated heterocycles. The van der Waals surface area contributed by atoms with Crippen molar-refractivity contribution < 1.29 is 52.7 Å². The number of aliphatic hydroxyl groups is 1. The van der Waals surface area contributed by atoms with Gasteiger partial charge in [-0.1, -0.05) is 27.7 Å². The van der Waals surface area contributed by atoms with E-state index in [0.29, 0.717) is 109 Å². The fraction of sp³-hybridized carbons (Fsp3) is 0.778. The number of hydrogen-bond acceptors (Lipinski definition) is 13. The van der Waals surface area contributed by atoms with Crippen LogP contribution in [0.1, 0.15) is 98.4 Å². The second-order valence-corrected chi connectivity index (χ2v) is 17.6. The number of nitrogens with zero attached hydrogens (tertiary/aromatic N) is 4. The molecule has 2 aliphatic heterocycles. The average molecular weight is 879 g/mol. The quantitative estimate of drug-likeness (QED) is 0.118. The molecule has 3 rings (SSSR count). The first-order valence-corrected chi connectivity index (χ1v) is 22.6. The number of morpholine rings is 2. The van der Waals surface area contributed by atoms with Crippen molar-refractivity contribution >= 4 is 23.8 Å². The second-order valence-electron chi connectivity index (χ2n) is 17.6. The largest absolute Gasteiger partial charge is 0.493 e. The second kappa shape index (κ2) is 26.8. The van der Waals surface area contributed by atoms with E-state index in [1.807, 2.05) is 51.6 Å². The predicted molar refractivity (Wildman–Crippen MR) is 235 cm³/mol. The van der Waals surface area contributed by atoms with Gasteiger partial charge in [0.1, 0.15) is 17.1 Å². The third-order valence-corrected chi connectivity index (χ3v) is 11.2. The number of carbonyl (C=O) groups is 4. The van der Waals surface area contributed by atoms with E-state index in [-0.39, 0.29) is 55.0 Å². The molecule has 2 aliphatic rings. The zero-order valence-corrected chi connectivity index (χ0v) is 39.2. The molecule has 4 atom stereocenters. The third kappa shape index (κ3) is 17.4. The Morgan fingerprint density at radius 3 is 1.98 bits per heavy atom. The van der Waals surface area contributed by atoms with Crippen LogP contribution in [-0.2, 0) is 28.5 Å². The molecular weight excluding hydrogens is 801 g/mol. The summed E-state index contributed by atoms with van der Waals surface area (Å²) in [4.78, 5) is 54.5. The maximum Gasteiger partial charge on any atom is 0.407 e. The van der Waals surface area contributed by atoms with E-state index >= 15 is 0 Å². The summed E-state index contributed by atoms with van der Waals surface area (Å²) in [6, 6.07) is 4.11. The van der Waals surface area contributed by atoms with Gasteiger partial charge in [0, 0.05) is 71.5 Å². The Morgan fingerprint density at radius 2 is 1.44 bits per heavy atom. The third-order valence-electron chi connectivity index (χ3n) is 11.2. The van der Waals surface area contributed by atoms with Crippen LogP contribution in [0.5, 0.6) is 11.5 Å². The van der Waals surface area contributed by atoms with Crippen molar-refractivity contribution in [1.29, 1.82) is 0 Å². The van der Waals surface area contributed by atoms with E-state index in [0.717, 1.165) is 6.42 Å². The summed E-state index contributed by atoms with van der Waals surface area (Å²) in [6.07, 6.45) is 0.0957. The topological polar surface area (TPSA) is 181 Å². The summed E-state index contributed by atoms with van der Waals surface area (Å²) >= 11 is 0. The van der Waals surface area contributed by atoms with Crippen molar-refractivity contribution in [3.05, 3.63) is 23.8 Å². The Morgan fingerprint density at radius 1 is 0.839 bits per heavy atom. The number of hydrogen-bond donors (Lipinski definition) is 3. The number of likely N-dealkylation sites (N-methyl/N-ethyl adjacent to an activating group) is 1. The number of aliphatic hydroxyl groups excluding tert-OH is 1. The van der Waals surface area contributed by atoms with E-state index in [1.165, 1.54) is 0 Å². The van der Waals surface area contributed by atoms with E-state index in [2.05, 4.69) is 10.6 Å². The Kier molecular flexibility index (Phi) is 22.7. The zero-order chi connectivity index (χ0) is 45.8. The van der Waals surface area contributed by atoms with Crippen LogP contribution in [0.3, 0.4) is 0 Å². The number of alkyl carbamates (subject to hydrolysis) is 1. The smallest absolute Gasteiger partial charge is 0.407 e. The van der Waals surface area contributed by atoms with Crippen molar-refractivity contribution in [2.45, 2.75) is 106 Å². The van der Waals surface area contributed by atoms with Gasteiger partial charge >= 0.3 is 6.09 Å². The van der Waals surface area contributed by atoms with Crippen LogP contribution in [0.4, 0.5) is 4.79 Å². The number of unbranched alkanes of at least 4 members (excludes halogenated alkanes) is 1. The highest BCUT2D eigenvalue weighted by molar-refractivity contribution is 5.97. The van der Waals surface area contributed by atoms with Gasteiger partial charge in [-0.25, -0.2) is 14.8 Å². The minimum absolute atomic E-state index is 0.0230. The fourth-order valence-corrected chi connectivity index (χ4v) is 7.55. The number of ether oxygens (including phenoxy) is 6. The van der Waals surface area contributed by atoms with E-state index in [1.54, 1.807) is 56.1 Å². The van der Waals surface area contributed by atoms with Gasteiger partial charge in [-0.3, -0.25) is 24.4 Å². The molecule has 0 aliphatic carbocycles. The first kappa shape index (κ1) is 52.6. The standard InChI is InChI=1S/C45H78N6O11/c1-11-50(48-17-23-58-24-18-48)41(53)31-61-35-15-16-36(40(28-35)60-22-14-13-21-57-10)42(54)46-30-34(32(3)4)27-38(47-44(56)62-45(7,8)9)39(52)29-37(33(5)6)43(55)51(12-2)49-19-25-59-26-20-49/h15-16,28,32-34,37-39,52H,11-14,17-27,29-31H2,1-10H3,(H,46,54)(H,47,56). The first-order chi connectivity index (χ1) is 29.5. The van der Waals surface area contributed by atoms with Crippen LogP contribution in [0.2, 0.25) is 0 Å². The molecule has 3 N–H and O–H groups in total. The molecule has 354 valence electrons. The molecule has 0 spiro atoms. The van der Waals surface area contributed by atoms with Crippen LogP contribution in [0.15, 0.2) is 18.2 Å². The van der Waals surface area contributed by atoms with Gasteiger partial charge in [0.2, 0.25) is 5.91 Å². The van der Waals surface area contributed by atoms with Crippen LogP contribution in [0.25, 0.3) is 0 Å². The van der Waals surface area contributed by atoms with E-state index in [4.69, 9.17) is 28.4 Å². The van der Waals surface area contributed by atoms with Crippen LogP contribution in [0, 0.1) is 23.7 Å². The van der Waals surface area contributed by atoms with Crippen molar-refractivity contribution in [2.75, 3.05) is 99.2 Å². The summed E-state index contributed by atoms with van der Waals surface area (Å²) < 4.78 is 33.8. The molecule has 0 radical (unpaired) electrons. The molecule has 62 heavy (non-hydrogen) atoms. The molecule has 4 unspecified atom stereocenters. The molecule has 4 amide bonds. The van der Waals surface area contributed by atoms with Crippen molar-refractivity contribution in [3.8, 4) is 11.5 Å². The van der Waals surface area contributed by atoms with E-state index < -0.39 is 29.8 Å². The molecule has 2 heterocycles. The lowest BCUT2D eigenvalue weighted by Gasteiger charge is -2.40. The maximum atomic E-state index is 14.1. The van der Waals surface area contributed by atoms with Gasteiger partial charge in [0.05, 0.1) is 50.7 Å². The minimum atomic E-state index is -1.10. The molecular formula is C45H78N6O11. The van der Waals surface area contributed by atoms with Crippen LogP contribution in [-0.4, -0.2) is 166 Å². The van der Waals surface area contributed by atoms with Crippen LogP contribution < -0.4 is 20.1 Å². The number of hydrazine groups is 2. The number of rotatable bonds is 25. The number of carbonyl (C=O) groups excluding carboxylic acids is 4. The van der Waals surface area contributed by atoms with Crippen molar-refractivity contribution in [3.63, 3.8) is 0 Å². The van der Waals surface area contributed by atoms with Gasteiger partial charge in [0.25, 0.3) is 11.8 Å². The Labute approximate surface area is 370 Å². The van der Waals surface area contributed by atoms with E-state index in [9.17, 15) is 24.3 Å². The summed E-state index contributed by atoms with van der Waals surface area (Å²) in [7, 11) is 1.64. The Hall–Kier alpha value is -3.74. The number of methoxy groups -OCH3 is 1. The van der Waals surface area contributed by atoms with Gasteiger partial charge in [-0.05, 0) is 90.2 Å². The highest BCUT2D eigenvalue weighted by Gasteiger charge is 2.36. The number of amides is 4. The minimum Gasteiger partial charge on any atom is -0.493 e. The Balaban J connectivity index is 1.80. The normalized spacial score (nSPS) is 17.2. The van der Waals surface area contributed by atoms with Crippen molar-refractivity contribution in [2.24, 2.45) is 23.7 Å². The lowest BCUT2D eigenvalue weighted by Crippen LogP contribution is -2.54. The zero-order valence-electron chi connectivity index (χ0n) is 39.2. The Bertz CT molecular complexity index is 1510. The summed E-state index contributed by atoms with van der Waals surface area (Å²) in [5.74, 6) is -0.750. The fourth-order valence-electron chi connectivity index (χ4n) is 7.55. The monoisotopic (exact) mass is 879 g/mol. The predicted octanol–water partition coefficient (Wildman–Crippen LogP) is 4.37. The number of benzene rings is 1. The molecule has 2 fully saturated rings. The molecule has 0 aromatic heterocycles. The molecule has 0 saturated carbocycles. The maximum absolute atomic E-state index is 14.1. The van der Waals surface area contributed by atoms with Gasteiger partial charge in [-0.2, -0.15) is 0 Å². The highest BCUT2D eigenvalue weighted by atomic mass is 16.6. The lowest BCUT2D eigenvalue weighted by molar-refractivity contribution is -0.163. The van der Waals surface area contributed by atoms with Crippen molar-refractivity contribution in [1.82, 2.24) is 30.7 Å². The molecule has 0 bridgehead atoms. The van der Waals surface area contributed by atoms with Gasteiger partial charge < -0.3 is 44.2 Å². The summed E-state index contributed by atoms with van der Waals surface area (Å²) in [5, 5.41) is 25.3. The molecule has 1 aromatic carbocycles.